The normalized spacial score (nSPS) is 12.8. The van der Waals surface area contributed by atoms with E-state index in [1.165, 1.54) is 0 Å². The van der Waals surface area contributed by atoms with Crippen molar-refractivity contribution < 1.29 is 5.11 Å². The van der Waals surface area contributed by atoms with Gasteiger partial charge in [-0.25, -0.2) is 4.98 Å². The van der Waals surface area contributed by atoms with Gasteiger partial charge >= 0.3 is 0 Å². The van der Waals surface area contributed by atoms with E-state index >= 15 is 0 Å². The second-order valence-corrected chi connectivity index (χ2v) is 4.46. The minimum atomic E-state index is 0.223. The van der Waals surface area contributed by atoms with Gasteiger partial charge in [0.2, 0.25) is 0 Å². The van der Waals surface area contributed by atoms with Gasteiger partial charge in [-0.1, -0.05) is 6.92 Å². The van der Waals surface area contributed by atoms with Crippen LogP contribution in [0.25, 0.3) is 0 Å². The molecule has 0 aliphatic carbocycles. The number of aryl methyl sites for hydroxylation is 1. The molecule has 0 saturated carbocycles. The van der Waals surface area contributed by atoms with Crippen LogP contribution in [-0.4, -0.2) is 22.5 Å². The molecule has 1 unspecified atom stereocenters. The number of pyridine rings is 1. The highest BCUT2D eigenvalue weighted by Gasteiger charge is 2.03. The number of hydrogen-bond donors (Lipinski definition) is 2. The first-order chi connectivity index (χ1) is 6.63. The van der Waals surface area contributed by atoms with Gasteiger partial charge in [0.1, 0.15) is 0 Å². The minimum absolute atomic E-state index is 0.223. The average Bonchev–Trinajstić information content (AvgIpc) is 2.19. The third-order valence-corrected chi connectivity index (χ3v) is 3.19. The summed E-state index contributed by atoms with van der Waals surface area (Å²) >= 11 is 1.65. The zero-order valence-corrected chi connectivity index (χ0v) is 9.34. The van der Waals surface area contributed by atoms with E-state index in [0.29, 0.717) is 5.92 Å². The van der Waals surface area contributed by atoms with Crippen LogP contribution < -0.4 is 5.73 Å². The number of thioether (sulfide) groups is 1. The van der Waals surface area contributed by atoms with E-state index in [9.17, 15) is 0 Å². The van der Waals surface area contributed by atoms with Crippen LogP contribution in [0.15, 0.2) is 17.2 Å². The topological polar surface area (TPSA) is 59.1 Å². The molecule has 0 bridgehead atoms. The molecule has 4 heteroatoms. The Labute approximate surface area is 88.7 Å². The summed E-state index contributed by atoms with van der Waals surface area (Å²) in [6.07, 6.45) is 0. The molecule has 1 rings (SSSR count). The van der Waals surface area contributed by atoms with Crippen LogP contribution in [0.4, 0.5) is 5.69 Å². The van der Waals surface area contributed by atoms with E-state index in [-0.39, 0.29) is 6.61 Å². The van der Waals surface area contributed by atoms with Crippen LogP contribution in [0, 0.1) is 12.8 Å². The van der Waals surface area contributed by atoms with Crippen molar-refractivity contribution in [1.82, 2.24) is 4.98 Å². The Morgan fingerprint density at radius 2 is 2.29 bits per heavy atom. The van der Waals surface area contributed by atoms with Crippen molar-refractivity contribution in [2.75, 3.05) is 18.1 Å². The van der Waals surface area contributed by atoms with E-state index in [0.717, 1.165) is 22.2 Å². The predicted octanol–water partition coefficient (Wildman–Crippen LogP) is 1.69. The summed E-state index contributed by atoms with van der Waals surface area (Å²) in [6.45, 7) is 4.13. The van der Waals surface area contributed by atoms with Gasteiger partial charge in [0.05, 0.1) is 16.4 Å². The van der Waals surface area contributed by atoms with Crippen LogP contribution in [0.2, 0.25) is 0 Å². The SMILES string of the molecule is Cc1nc(SCC(C)CO)ccc1N. The summed E-state index contributed by atoms with van der Waals surface area (Å²) in [7, 11) is 0. The van der Waals surface area contributed by atoms with Crippen molar-refractivity contribution in [2.24, 2.45) is 5.92 Å². The maximum Gasteiger partial charge on any atom is 0.0964 e. The first-order valence-corrected chi connectivity index (χ1v) is 5.59. The van der Waals surface area contributed by atoms with E-state index in [1.54, 1.807) is 11.8 Å². The lowest BCUT2D eigenvalue weighted by atomic mass is 10.2. The third-order valence-electron chi connectivity index (χ3n) is 1.93. The van der Waals surface area contributed by atoms with Crippen molar-refractivity contribution in [3.8, 4) is 0 Å². The van der Waals surface area contributed by atoms with Gasteiger partial charge in [-0.05, 0) is 25.0 Å². The summed E-state index contributed by atoms with van der Waals surface area (Å²) in [5.41, 5.74) is 7.25. The largest absolute Gasteiger partial charge is 0.397 e. The molecule has 0 fully saturated rings. The Hall–Kier alpha value is -0.740. The Morgan fingerprint density at radius 3 is 2.86 bits per heavy atom. The number of nitrogens with two attached hydrogens (primary N) is 1. The van der Waals surface area contributed by atoms with Crippen LogP contribution in [0.3, 0.4) is 0 Å². The summed E-state index contributed by atoms with van der Waals surface area (Å²) in [6, 6.07) is 3.78. The average molecular weight is 212 g/mol. The van der Waals surface area contributed by atoms with E-state index in [1.807, 2.05) is 26.0 Å². The third kappa shape index (κ3) is 3.20. The van der Waals surface area contributed by atoms with E-state index in [4.69, 9.17) is 10.8 Å². The van der Waals surface area contributed by atoms with Gasteiger partial charge in [-0.15, -0.1) is 11.8 Å². The Bertz CT molecular complexity index is 304. The van der Waals surface area contributed by atoms with Gasteiger partial charge in [0.15, 0.2) is 0 Å². The number of rotatable bonds is 4. The van der Waals surface area contributed by atoms with Crippen LogP contribution in [0.1, 0.15) is 12.6 Å². The van der Waals surface area contributed by atoms with Gasteiger partial charge < -0.3 is 10.8 Å². The zero-order valence-electron chi connectivity index (χ0n) is 8.53. The van der Waals surface area contributed by atoms with Crippen molar-refractivity contribution in [3.05, 3.63) is 17.8 Å². The molecule has 0 amide bonds. The van der Waals surface area contributed by atoms with Crippen LogP contribution in [-0.2, 0) is 0 Å². The molecule has 14 heavy (non-hydrogen) atoms. The lowest BCUT2D eigenvalue weighted by molar-refractivity contribution is 0.250. The standard InChI is InChI=1S/C10H16N2OS/c1-7(5-13)6-14-10-4-3-9(11)8(2)12-10/h3-4,7,13H,5-6,11H2,1-2H3. The summed E-state index contributed by atoms with van der Waals surface area (Å²) < 4.78 is 0. The fourth-order valence-electron chi connectivity index (χ4n) is 0.910. The van der Waals surface area contributed by atoms with Crippen molar-refractivity contribution in [2.45, 2.75) is 18.9 Å². The molecule has 3 N–H and O–H groups in total. The van der Waals surface area contributed by atoms with Crippen molar-refractivity contribution >= 4 is 17.4 Å². The van der Waals surface area contributed by atoms with Crippen molar-refractivity contribution in [1.29, 1.82) is 0 Å². The number of anilines is 1. The van der Waals surface area contributed by atoms with E-state index in [2.05, 4.69) is 4.98 Å². The van der Waals surface area contributed by atoms with Gasteiger partial charge in [0.25, 0.3) is 0 Å². The summed E-state index contributed by atoms with van der Waals surface area (Å²) in [5, 5.41) is 9.83. The number of nitrogens with zero attached hydrogens (tertiary/aromatic N) is 1. The van der Waals surface area contributed by atoms with Crippen molar-refractivity contribution in [3.63, 3.8) is 0 Å². The monoisotopic (exact) mass is 212 g/mol. The molecule has 1 aromatic heterocycles. The Morgan fingerprint density at radius 1 is 1.57 bits per heavy atom. The fourth-order valence-corrected chi connectivity index (χ4v) is 1.84. The Kier molecular flexibility index (Phi) is 4.22. The fraction of sp³-hybridized carbons (Fsp3) is 0.500. The second-order valence-electron chi connectivity index (χ2n) is 3.42. The molecule has 0 aromatic carbocycles. The quantitative estimate of drug-likeness (QED) is 0.746. The summed E-state index contributed by atoms with van der Waals surface area (Å²) in [4.78, 5) is 4.34. The first kappa shape index (κ1) is 11.3. The maximum absolute atomic E-state index is 8.86. The molecule has 3 nitrogen and oxygen atoms in total. The molecule has 0 spiro atoms. The number of aromatic nitrogens is 1. The highest BCUT2D eigenvalue weighted by molar-refractivity contribution is 7.99. The number of aliphatic hydroxyl groups excluding tert-OH is 1. The van der Waals surface area contributed by atoms with E-state index < -0.39 is 0 Å². The van der Waals surface area contributed by atoms with Gasteiger partial charge in [-0.2, -0.15) is 0 Å². The molecule has 78 valence electrons. The molecule has 0 saturated heterocycles. The molecule has 0 aliphatic heterocycles. The second kappa shape index (κ2) is 5.22. The van der Waals surface area contributed by atoms with Gasteiger partial charge in [0, 0.05) is 12.4 Å². The number of nitrogen functional groups attached to an aromatic ring is 1. The maximum atomic E-state index is 8.86. The molecule has 0 radical (unpaired) electrons. The smallest absolute Gasteiger partial charge is 0.0964 e. The van der Waals surface area contributed by atoms with Crippen LogP contribution in [0.5, 0.6) is 0 Å². The molecular weight excluding hydrogens is 196 g/mol. The number of aliphatic hydroxyl groups is 1. The molecule has 1 aromatic rings. The van der Waals surface area contributed by atoms with Gasteiger partial charge in [-0.3, -0.25) is 0 Å². The zero-order chi connectivity index (χ0) is 10.6. The molecule has 1 heterocycles. The molecular formula is C10H16N2OS. The lowest BCUT2D eigenvalue weighted by Gasteiger charge is -2.07. The summed E-state index contributed by atoms with van der Waals surface area (Å²) in [5.74, 6) is 1.19. The predicted molar refractivity (Wildman–Crippen MR) is 60.4 cm³/mol. The first-order valence-electron chi connectivity index (χ1n) is 4.60. The number of hydrogen-bond acceptors (Lipinski definition) is 4. The highest BCUT2D eigenvalue weighted by Crippen LogP contribution is 2.20. The lowest BCUT2D eigenvalue weighted by Crippen LogP contribution is -2.03. The molecule has 1 atom stereocenters. The Balaban J connectivity index is 2.55. The van der Waals surface area contributed by atoms with Crippen LogP contribution >= 0.6 is 11.8 Å². The highest BCUT2D eigenvalue weighted by atomic mass is 32.2. The minimum Gasteiger partial charge on any atom is -0.397 e. The molecule has 0 aliphatic rings.